The van der Waals surface area contributed by atoms with Crippen molar-refractivity contribution in [3.63, 3.8) is 0 Å². The van der Waals surface area contributed by atoms with Crippen molar-refractivity contribution < 1.29 is 10.2 Å². The number of hydrogen-bond donors (Lipinski definition) is 3. The van der Waals surface area contributed by atoms with Gasteiger partial charge >= 0.3 is 0 Å². The van der Waals surface area contributed by atoms with Gasteiger partial charge in [0.15, 0.2) is 6.29 Å². The normalized spacial score (nSPS) is 11.2. The molecule has 0 unspecified atom stereocenters. The number of fused-ring (bicyclic) bond motifs is 1. The number of hydrogen-bond acceptors (Lipinski definition) is 4. The molecule has 5 heteroatoms. The maximum absolute atomic E-state index is 9.17. The third kappa shape index (κ3) is 3.79. The number of aromatic amines is 1. The van der Waals surface area contributed by atoms with Crippen molar-refractivity contribution in [2.75, 3.05) is 0 Å². The van der Waals surface area contributed by atoms with E-state index in [0.717, 1.165) is 27.8 Å². The van der Waals surface area contributed by atoms with Gasteiger partial charge in [0.1, 0.15) is 5.69 Å². The van der Waals surface area contributed by atoms with Crippen LogP contribution in [-0.4, -0.2) is 15.2 Å². The highest BCUT2D eigenvalue weighted by atomic mass is 16.5. The van der Waals surface area contributed by atoms with Crippen molar-refractivity contribution >= 4 is 22.3 Å². The average molecular weight is 359 g/mol. The van der Waals surface area contributed by atoms with Crippen LogP contribution < -0.4 is 0 Å². The predicted molar refractivity (Wildman–Crippen MR) is 108 cm³/mol. The van der Waals surface area contributed by atoms with E-state index in [-0.39, 0.29) is 7.43 Å². The number of aliphatic hydroxyl groups excluding tert-OH is 1. The highest BCUT2D eigenvalue weighted by molar-refractivity contribution is 5.99. The number of rotatable bonds is 4. The van der Waals surface area contributed by atoms with E-state index in [1.165, 1.54) is 0 Å². The van der Waals surface area contributed by atoms with Gasteiger partial charge in [0.2, 0.25) is 0 Å². The summed E-state index contributed by atoms with van der Waals surface area (Å²) >= 11 is 0. The number of H-pyrrole nitrogens is 1. The molecule has 0 aliphatic heterocycles. The molecule has 5 nitrogen and oxygen atoms in total. The summed E-state index contributed by atoms with van der Waals surface area (Å²) in [5.41, 5.74) is 4.78. The first kappa shape index (κ1) is 18.5. The zero-order chi connectivity index (χ0) is 17.9. The van der Waals surface area contributed by atoms with Crippen LogP contribution in [0.3, 0.4) is 0 Å². The Morgan fingerprint density at radius 2 is 1.41 bits per heavy atom. The van der Waals surface area contributed by atoms with Crippen molar-refractivity contribution in [3.05, 3.63) is 84.4 Å². The zero-order valence-corrected chi connectivity index (χ0v) is 13.9. The van der Waals surface area contributed by atoms with Gasteiger partial charge in [-0.2, -0.15) is 5.11 Å². The highest BCUT2D eigenvalue weighted by Gasteiger charge is 2.12. The molecule has 3 aromatic carbocycles. The van der Waals surface area contributed by atoms with E-state index in [1.54, 1.807) is 24.3 Å². The van der Waals surface area contributed by atoms with E-state index in [9.17, 15) is 10.2 Å². The SMILES string of the molecule is C.OC(O)c1ccc(N=Nc2c(-c3ccccc3)[nH]c3ccccc23)cc1. The number of aromatic nitrogens is 1. The number of nitrogens with zero attached hydrogens (tertiary/aromatic N) is 2. The molecule has 0 saturated carbocycles. The Morgan fingerprint density at radius 1 is 0.741 bits per heavy atom. The summed E-state index contributed by atoms with van der Waals surface area (Å²) < 4.78 is 0. The molecule has 1 heterocycles. The summed E-state index contributed by atoms with van der Waals surface area (Å²) in [6, 6.07) is 24.6. The van der Waals surface area contributed by atoms with Crippen molar-refractivity contribution in [2.45, 2.75) is 13.7 Å². The number of azo groups is 1. The summed E-state index contributed by atoms with van der Waals surface area (Å²) in [5, 5.41) is 28.2. The average Bonchev–Trinajstić information content (AvgIpc) is 3.06. The second-order valence-electron chi connectivity index (χ2n) is 5.93. The minimum atomic E-state index is -1.49. The highest BCUT2D eigenvalue weighted by Crippen LogP contribution is 2.38. The van der Waals surface area contributed by atoms with Gasteiger partial charge in [-0.3, -0.25) is 0 Å². The van der Waals surface area contributed by atoms with Crippen LogP contribution in [0.5, 0.6) is 0 Å². The molecule has 4 rings (SSSR count). The topological polar surface area (TPSA) is 81.0 Å². The van der Waals surface area contributed by atoms with E-state index >= 15 is 0 Å². The summed E-state index contributed by atoms with van der Waals surface area (Å²) in [7, 11) is 0. The molecule has 0 bridgehead atoms. The van der Waals surface area contributed by atoms with Crippen LogP contribution in [0.25, 0.3) is 22.2 Å². The van der Waals surface area contributed by atoms with Crippen LogP contribution >= 0.6 is 0 Å². The van der Waals surface area contributed by atoms with Gasteiger partial charge in [-0.15, -0.1) is 5.11 Å². The van der Waals surface area contributed by atoms with Gasteiger partial charge in [0.05, 0.1) is 11.4 Å². The molecule has 0 aliphatic rings. The molecule has 3 N–H and O–H groups in total. The van der Waals surface area contributed by atoms with E-state index in [4.69, 9.17) is 0 Å². The van der Waals surface area contributed by atoms with Gasteiger partial charge in [-0.1, -0.05) is 68.1 Å². The summed E-state index contributed by atoms with van der Waals surface area (Å²) in [4.78, 5) is 3.42. The van der Waals surface area contributed by atoms with E-state index in [2.05, 4.69) is 15.2 Å². The first-order valence-corrected chi connectivity index (χ1v) is 8.26. The van der Waals surface area contributed by atoms with Crippen LogP contribution in [0, 0.1) is 0 Å². The molecular weight excluding hydrogens is 338 g/mol. The molecule has 27 heavy (non-hydrogen) atoms. The molecular formula is C22H21N3O2. The monoisotopic (exact) mass is 359 g/mol. The molecule has 1 aromatic heterocycles. The fraction of sp³-hybridized carbons (Fsp3) is 0.0909. The standard InChI is InChI=1S/C21H17N3O2.CH4/c25-21(26)15-10-12-16(13-11-15)23-24-20-17-8-4-5-9-18(17)22-19(20)14-6-2-1-3-7-14;/h1-13,21-22,25-26H;1H4. The zero-order valence-electron chi connectivity index (χ0n) is 13.9. The number of para-hydroxylation sites is 1. The first-order valence-electron chi connectivity index (χ1n) is 8.26. The second-order valence-corrected chi connectivity index (χ2v) is 5.93. The van der Waals surface area contributed by atoms with Gasteiger partial charge in [0, 0.05) is 22.0 Å². The third-order valence-corrected chi connectivity index (χ3v) is 4.20. The van der Waals surface area contributed by atoms with Crippen molar-refractivity contribution in [3.8, 4) is 11.3 Å². The van der Waals surface area contributed by atoms with Gasteiger partial charge in [0.25, 0.3) is 0 Å². The molecule has 0 atom stereocenters. The van der Waals surface area contributed by atoms with Gasteiger partial charge < -0.3 is 15.2 Å². The molecule has 0 saturated heterocycles. The quantitative estimate of drug-likeness (QED) is 0.315. The summed E-state index contributed by atoms with van der Waals surface area (Å²) in [6.45, 7) is 0. The largest absolute Gasteiger partial charge is 0.364 e. The Bertz CT molecular complexity index is 1050. The molecule has 0 aliphatic carbocycles. The Labute approximate surface area is 157 Å². The Balaban J connectivity index is 0.00000210. The van der Waals surface area contributed by atoms with Crippen LogP contribution in [0.2, 0.25) is 0 Å². The van der Waals surface area contributed by atoms with Crippen molar-refractivity contribution in [1.29, 1.82) is 0 Å². The minimum Gasteiger partial charge on any atom is -0.364 e. The lowest BCUT2D eigenvalue weighted by Gasteiger charge is -2.03. The van der Waals surface area contributed by atoms with E-state index in [0.29, 0.717) is 11.3 Å². The molecule has 0 amide bonds. The Hall–Kier alpha value is -3.28. The summed E-state index contributed by atoms with van der Waals surface area (Å²) in [5.74, 6) is 0. The van der Waals surface area contributed by atoms with Crippen molar-refractivity contribution in [2.24, 2.45) is 10.2 Å². The fourth-order valence-electron chi connectivity index (χ4n) is 2.87. The molecule has 4 aromatic rings. The molecule has 0 spiro atoms. The Morgan fingerprint density at radius 3 is 2.11 bits per heavy atom. The molecule has 0 radical (unpaired) electrons. The second kappa shape index (κ2) is 7.95. The maximum Gasteiger partial charge on any atom is 0.178 e. The smallest absolute Gasteiger partial charge is 0.178 e. The van der Waals surface area contributed by atoms with Gasteiger partial charge in [-0.25, -0.2) is 0 Å². The van der Waals surface area contributed by atoms with Crippen LogP contribution in [0.1, 0.15) is 19.3 Å². The van der Waals surface area contributed by atoms with Gasteiger partial charge in [-0.05, 0) is 18.2 Å². The lowest BCUT2D eigenvalue weighted by molar-refractivity contribution is -0.0424. The maximum atomic E-state index is 9.17. The number of nitrogens with one attached hydrogen (secondary N) is 1. The molecule has 136 valence electrons. The number of benzene rings is 3. The van der Waals surface area contributed by atoms with E-state index in [1.807, 2.05) is 54.6 Å². The molecule has 0 fully saturated rings. The lowest BCUT2D eigenvalue weighted by atomic mass is 10.1. The fourth-order valence-corrected chi connectivity index (χ4v) is 2.87. The van der Waals surface area contributed by atoms with Crippen LogP contribution in [-0.2, 0) is 0 Å². The number of aliphatic hydroxyl groups is 2. The lowest BCUT2D eigenvalue weighted by Crippen LogP contribution is -1.92. The van der Waals surface area contributed by atoms with Crippen LogP contribution in [0.4, 0.5) is 11.4 Å². The third-order valence-electron chi connectivity index (χ3n) is 4.20. The predicted octanol–water partition coefficient (Wildman–Crippen LogP) is 5.87. The first-order chi connectivity index (χ1) is 12.7. The minimum absolute atomic E-state index is 0. The summed E-state index contributed by atoms with van der Waals surface area (Å²) in [6.07, 6.45) is -1.49. The van der Waals surface area contributed by atoms with E-state index < -0.39 is 6.29 Å². The van der Waals surface area contributed by atoms with Crippen molar-refractivity contribution in [1.82, 2.24) is 4.98 Å². The Kier molecular flexibility index (Phi) is 5.45. The van der Waals surface area contributed by atoms with Crippen LogP contribution in [0.15, 0.2) is 89.1 Å².